The third-order valence-electron chi connectivity index (χ3n) is 4.94. The molecule has 0 aliphatic heterocycles. The lowest BCUT2D eigenvalue weighted by Crippen LogP contribution is -2.31. The maximum atomic E-state index is 12.9. The minimum absolute atomic E-state index is 0.0951. The van der Waals surface area contributed by atoms with Gasteiger partial charge in [0, 0.05) is 31.3 Å². The van der Waals surface area contributed by atoms with Crippen LogP contribution in [0.15, 0.2) is 77.7 Å². The van der Waals surface area contributed by atoms with Gasteiger partial charge in [-0.1, -0.05) is 30.4 Å². The van der Waals surface area contributed by atoms with E-state index < -0.39 is 15.9 Å². The second-order valence-electron chi connectivity index (χ2n) is 7.21. The van der Waals surface area contributed by atoms with Crippen molar-refractivity contribution in [2.24, 2.45) is 4.99 Å². The Labute approximate surface area is 198 Å². The number of amides is 1. The molecule has 9 heteroatoms. The zero-order valence-corrected chi connectivity index (χ0v) is 20.4. The zero-order valence-electron chi connectivity index (χ0n) is 18.7. The summed E-state index contributed by atoms with van der Waals surface area (Å²) < 4.78 is 35.3. The first kappa shape index (κ1) is 24.6. The number of benzene rings is 2. The summed E-state index contributed by atoms with van der Waals surface area (Å²) in [6.07, 6.45) is 3.91. The molecule has 1 amide bonds. The maximum Gasteiger partial charge on any atom is 0.279 e. The molecule has 1 aromatic heterocycles. The highest BCUT2D eigenvalue weighted by atomic mass is 32.2. The summed E-state index contributed by atoms with van der Waals surface area (Å²) >= 11 is 1.43. The van der Waals surface area contributed by atoms with Crippen molar-refractivity contribution in [3.8, 4) is 5.75 Å². The van der Waals surface area contributed by atoms with Crippen LogP contribution < -0.4 is 9.54 Å². The van der Waals surface area contributed by atoms with Gasteiger partial charge in [0.1, 0.15) is 5.75 Å². The molecule has 0 aliphatic carbocycles. The number of carbonyl (C=O) groups excluding carboxylic acids is 1. The number of methoxy groups -OCH3 is 1. The largest absolute Gasteiger partial charge is 0.497 e. The quantitative estimate of drug-likeness (QED) is 0.403. The molecule has 33 heavy (non-hydrogen) atoms. The van der Waals surface area contributed by atoms with E-state index in [1.165, 1.54) is 52.1 Å². The monoisotopic (exact) mass is 485 g/mol. The highest BCUT2D eigenvalue weighted by Gasteiger charge is 2.22. The number of ether oxygens (including phenoxy) is 1. The molecular formula is C24H27N3O4S2. The molecule has 0 atom stereocenters. The fraction of sp³-hybridized carbons (Fsp3) is 0.250. The standard InChI is InChI=1S/C24H27N3O4S2/c1-5-14-26(15-6-2)33(29,30)20-11-8-18(9-12-20)23(28)25-24-27(16-7-3)21-17-19(31-4)10-13-22(21)32-24/h5-6,8-13,17H,1-2,7,14-16H2,3-4H3. The van der Waals surface area contributed by atoms with Crippen LogP contribution in [0, 0.1) is 0 Å². The lowest BCUT2D eigenvalue weighted by Gasteiger charge is -2.19. The van der Waals surface area contributed by atoms with Gasteiger partial charge >= 0.3 is 0 Å². The summed E-state index contributed by atoms with van der Waals surface area (Å²) in [5, 5.41) is 0. The van der Waals surface area contributed by atoms with Crippen molar-refractivity contribution >= 4 is 37.5 Å². The highest BCUT2D eigenvalue weighted by Crippen LogP contribution is 2.23. The first-order valence-corrected chi connectivity index (χ1v) is 12.7. The van der Waals surface area contributed by atoms with Crippen LogP contribution in [0.25, 0.3) is 10.2 Å². The number of sulfonamides is 1. The van der Waals surface area contributed by atoms with Crippen molar-refractivity contribution in [2.75, 3.05) is 20.2 Å². The van der Waals surface area contributed by atoms with Crippen molar-refractivity contribution in [3.05, 3.63) is 78.1 Å². The smallest absolute Gasteiger partial charge is 0.279 e. The average Bonchev–Trinajstić information content (AvgIpc) is 3.15. The molecule has 2 aromatic carbocycles. The molecule has 0 saturated carbocycles. The van der Waals surface area contributed by atoms with Gasteiger partial charge in [-0.3, -0.25) is 4.79 Å². The average molecular weight is 486 g/mol. The van der Waals surface area contributed by atoms with Crippen LogP contribution in [0.5, 0.6) is 5.75 Å². The number of aromatic nitrogens is 1. The number of nitrogens with zero attached hydrogens (tertiary/aromatic N) is 3. The zero-order chi connectivity index (χ0) is 24.0. The summed E-state index contributed by atoms with van der Waals surface area (Å²) in [7, 11) is -2.11. The Bertz CT molecular complexity index is 1330. The van der Waals surface area contributed by atoms with Crippen molar-refractivity contribution in [2.45, 2.75) is 24.8 Å². The van der Waals surface area contributed by atoms with Crippen LogP contribution in [-0.2, 0) is 16.6 Å². The van der Waals surface area contributed by atoms with E-state index in [9.17, 15) is 13.2 Å². The van der Waals surface area contributed by atoms with Gasteiger partial charge in [0.05, 0.1) is 22.2 Å². The van der Waals surface area contributed by atoms with Crippen LogP contribution in [0.1, 0.15) is 23.7 Å². The summed E-state index contributed by atoms with van der Waals surface area (Å²) in [5.41, 5.74) is 1.27. The topological polar surface area (TPSA) is 81.0 Å². The molecule has 0 unspecified atom stereocenters. The minimum Gasteiger partial charge on any atom is -0.497 e. The minimum atomic E-state index is -3.73. The van der Waals surface area contributed by atoms with E-state index in [0.717, 1.165) is 22.4 Å². The molecule has 3 aromatic rings. The Morgan fingerprint density at radius 2 is 1.82 bits per heavy atom. The number of hydrogen-bond donors (Lipinski definition) is 0. The van der Waals surface area contributed by atoms with E-state index in [4.69, 9.17) is 4.74 Å². The van der Waals surface area contributed by atoms with E-state index in [1.807, 2.05) is 22.8 Å². The lowest BCUT2D eigenvalue weighted by atomic mass is 10.2. The van der Waals surface area contributed by atoms with Crippen LogP contribution in [0.4, 0.5) is 0 Å². The summed E-state index contributed by atoms with van der Waals surface area (Å²) in [6, 6.07) is 11.6. The number of aryl methyl sites for hydroxylation is 1. The Morgan fingerprint density at radius 3 is 2.39 bits per heavy atom. The van der Waals surface area contributed by atoms with Crippen molar-refractivity contribution in [1.82, 2.24) is 8.87 Å². The predicted octanol–water partition coefficient (Wildman–Crippen LogP) is 4.23. The molecule has 7 nitrogen and oxygen atoms in total. The molecule has 0 N–H and O–H groups in total. The third-order valence-corrected chi connectivity index (χ3v) is 7.84. The van der Waals surface area contributed by atoms with Crippen LogP contribution in [0.2, 0.25) is 0 Å². The Hall–Kier alpha value is -3.01. The Morgan fingerprint density at radius 1 is 1.15 bits per heavy atom. The van der Waals surface area contributed by atoms with Crippen LogP contribution >= 0.6 is 11.3 Å². The summed E-state index contributed by atoms with van der Waals surface area (Å²) in [4.78, 5) is 17.9. The Kier molecular flexibility index (Phi) is 8.01. The SMILES string of the molecule is C=CCN(CC=C)S(=O)(=O)c1ccc(C(=O)N=c2sc3ccc(OC)cc3n2CCC)cc1. The molecule has 0 fully saturated rings. The lowest BCUT2D eigenvalue weighted by molar-refractivity contribution is 0.0997. The van der Waals surface area contributed by atoms with Gasteiger partial charge in [-0.2, -0.15) is 9.30 Å². The fourth-order valence-electron chi connectivity index (χ4n) is 3.33. The number of carbonyl (C=O) groups is 1. The predicted molar refractivity (Wildman–Crippen MR) is 132 cm³/mol. The van der Waals surface area contributed by atoms with E-state index >= 15 is 0 Å². The molecule has 1 heterocycles. The first-order chi connectivity index (χ1) is 15.8. The maximum absolute atomic E-state index is 12.9. The van der Waals surface area contributed by atoms with Gasteiger partial charge in [-0.05, 0) is 42.8 Å². The molecule has 3 rings (SSSR count). The van der Waals surface area contributed by atoms with E-state index in [-0.39, 0.29) is 18.0 Å². The van der Waals surface area contributed by atoms with Gasteiger partial charge in [0.25, 0.3) is 5.91 Å². The van der Waals surface area contributed by atoms with Crippen LogP contribution in [0.3, 0.4) is 0 Å². The number of rotatable bonds is 10. The van der Waals surface area contributed by atoms with E-state index in [1.54, 1.807) is 7.11 Å². The van der Waals surface area contributed by atoms with Crippen molar-refractivity contribution < 1.29 is 17.9 Å². The summed E-state index contributed by atoms with van der Waals surface area (Å²) in [5.74, 6) is 0.304. The van der Waals surface area contributed by atoms with Crippen molar-refractivity contribution in [1.29, 1.82) is 0 Å². The van der Waals surface area contributed by atoms with Crippen molar-refractivity contribution in [3.63, 3.8) is 0 Å². The molecule has 0 bridgehead atoms. The second-order valence-corrected chi connectivity index (χ2v) is 10.2. The molecular weight excluding hydrogens is 458 g/mol. The fourth-order valence-corrected chi connectivity index (χ4v) is 5.75. The first-order valence-electron chi connectivity index (χ1n) is 10.4. The van der Waals surface area contributed by atoms with Gasteiger partial charge in [0.2, 0.25) is 10.0 Å². The number of thiazole rings is 1. The second kappa shape index (κ2) is 10.7. The number of fused-ring (bicyclic) bond motifs is 1. The molecule has 0 spiro atoms. The Balaban J connectivity index is 1.96. The third kappa shape index (κ3) is 5.32. The van der Waals surface area contributed by atoms with Gasteiger partial charge in [-0.25, -0.2) is 8.42 Å². The molecule has 174 valence electrons. The van der Waals surface area contributed by atoms with Crippen LogP contribution in [-0.4, -0.2) is 43.4 Å². The summed E-state index contributed by atoms with van der Waals surface area (Å²) in [6.45, 7) is 10.3. The van der Waals surface area contributed by atoms with Gasteiger partial charge in [-0.15, -0.1) is 13.2 Å². The van der Waals surface area contributed by atoms with Gasteiger partial charge in [0.15, 0.2) is 4.80 Å². The molecule has 0 radical (unpaired) electrons. The van der Waals surface area contributed by atoms with E-state index in [0.29, 0.717) is 16.9 Å². The van der Waals surface area contributed by atoms with E-state index in [2.05, 4.69) is 25.1 Å². The van der Waals surface area contributed by atoms with Gasteiger partial charge < -0.3 is 9.30 Å². The normalized spacial score (nSPS) is 12.3. The molecule has 0 aliphatic rings. The number of hydrogen-bond acceptors (Lipinski definition) is 5. The highest BCUT2D eigenvalue weighted by molar-refractivity contribution is 7.89. The molecule has 0 saturated heterocycles.